The fraction of sp³-hybridized carbons (Fsp3) is 0.440. The van der Waals surface area contributed by atoms with E-state index in [0.717, 1.165) is 5.56 Å². The first-order chi connectivity index (χ1) is 15.1. The number of carbonyl (C=O) groups is 2. The Balaban J connectivity index is 1.74. The van der Waals surface area contributed by atoms with E-state index in [2.05, 4.69) is 5.32 Å². The van der Waals surface area contributed by atoms with Crippen LogP contribution in [0.25, 0.3) is 0 Å². The number of nitrogens with one attached hydrogen (secondary N) is 1. The van der Waals surface area contributed by atoms with Crippen LogP contribution in [-0.4, -0.2) is 41.5 Å². The van der Waals surface area contributed by atoms with Crippen molar-refractivity contribution in [3.05, 3.63) is 59.4 Å². The lowest BCUT2D eigenvalue weighted by atomic mass is 10.1. The highest BCUT2D eigenvalue weighted by Gasteiger charge is 2.28. The van der Waals surface area contributed by atoms with Gasteiger partial charge in [0.2, 0.25) is 11.8 Å². The quantitative estimate of drug-likeness (QED) is 0.707. The first kappa shape index (κ1) is 23.6. The molecule has 0 radical (unpaired) electrons. The maximum Gasteiger partial charge on any atom is 0.242 e. The number of halogens is 1. The lowest BCUT2D eigenvalue weighted by Gasteiger charge is -2.31. The molecule has 0 spiro atoms. The monoisotopic (exact) mass is 442 g/mol. The minimum absolute atomic E-state index is 0.0192. The van der Waals surface area contributed by atoms with E-state index in [1.807, 2.05) is 39.0 Å². The third-order valence-electron chi connectivity index (χ3n) is 5.20. The molecule has 1 heterocycles. The number of nitrogens with zero attached hydrogens (tertiary/aromatic N) is 1. The highest BCUT2D eigenvalue weighted by atomic mass is 19.1. The molecule has 7 heteroatoms. The number of benzene rings is 2. The fourth-order valence-electron chi connectivity index (χ4n) is 3.50. The number of rotatable bonds is 7. The predicted octanol–water partition coefficient (Wildman–Crippen LogP) is 3.86. The first-order valence-corrected chi connectivity index (χ1v) is 10.9. The van der Waals surface area contributed by atoms with E-state index >= 15 is 0 Å². The predicted molar refractivity (Wildman–Crippen MR) is 120 cm³/mol. The number of amides is 2. The molecule has 2 aromatic rings. The van der Waals surface area contributed by atoms with Crippen molar-refractivity contribution in [2.75, 3.05) is 13.2 Å². The molecule has 172 valence electrons. The summed E-state index contributed by atoms with van der Waals surface area (Å²) >= 11 is 0. The number of aryl methyl sites for hydroxylation is 1. The highest BCUT2D eigenvalue weighted by Crippen LogP contribution is 2.31. The van der Waals surface area contributed by atoms with Crippen molar-refractivity contribution >= 4 is 11.8 Å². The Morgan fingerprint density at radius 1 is 1.09 bits per heavy atom. The molecule has 2 amide bonds. The van der Waals surface area contributed by atoms with Gasteiger partial charge in [0, 0.05) is 24.1 Å². The molecule has 1 N–H and O–H groups in total. The molecule has 3 rings (SSSR count). The summed E-state index contributed by atoms with van der Waals surface area (Å²) in [5.41, 5.74) is 0.860. The number of hydrogen-bond donors (Lipinski definition) is 1. The fourth-order valence-corrected chi connectivity index (χ4v) is 3.50. The summed E-state index contributed by atoms with van der Waals surface area (Å²) in [5, 5.41) is 2.91. The third kappa shape index (κ3) is 6.22. The molecule has 32 heavy (non-hydrogen) atoms. The van der Waals surface area contributed by atoms with Crippen LogP contribution in [0.2, 0.25) is 0 Å². The van der Waals surface area contributed by atoms with E-state index in [1.54, 1.807) is 25.1 Å². The van der Waals surface area contributed by atoms with Crippen LogP contribution in [0.15, 0.2) is 42.5 Å². The van der Waals surface area contributed by atoms with E-state index in [-0.39, 0.29) is 24.8 Å². The molecule has 0 saturated heterocycles. The Hall–Kier alpha value is -3.09. The molecule has 0 saturated carbocycles. The normalized spacial score (nSPS) is 13.9. The topological polar surface area (TPSA) is 67.9 Å². The third-order valence-corrected chi connectivity index (χ3v) is 5.20. The Bertz CT molecular complexity index is 971. The summed E-state index contributed by atoms with van der Waals surface area (Å²) in [6.07, 6.45) is 0.651. The van der Waals surface area contributed by atoms with Gasteiger partial charge in [-0.05, 0) is 57.9 Å². The van der Waals surface area contributed by atoms with E-state index < -0.39 is 17.4 Å². The average Bonchev–Trinajstić information content (AvgIpc) is 2.75. The van der Waals surface area contributed by atoms with Gasteiger partial charge in [-0.1, -0.05) is 24.3 Å². The highest BCUT2D eigenvalue weighted by molar-refractivity contribution is 5.87. The molecule has 0 bridgehead atoms. The Kier molecular flexibility index (Phi) is 7.38. The van der Waals surface area contributed by atoms with E-state index in [0.29, 0.717) is 36.7 Å². The van der Waals surface area contributed by atoms with Crippen molar-refractivity contribution in [1.29, 1.82) is 0 Å². The minimum Gasteiger partial charge on any atom is -0.486 e. The van der Waals surface area contributed by atoms with E-state index in [1.165, 1.54) is 11.0 Å². The van der Waals surface area contributed by atoms with Gasteiger partial charge in [0.25, 0.3) is 0 Å². The zero-order valence-electron chi connectivity index (χ0n) is 19.1. The molecule has 1 atom stereocenters. The standard InChI is InChI=1S/C25H31FN2O4/c1-17(24(30)27-25(2,3)4)28(16-19-7-5-6-8-20(19)26)23(29)12-10-18-9-11-21-22(15-18)32-14-13-31-21/h5-9,11,15,17H,10,12-14,16H2,1-4H3,(H,27,30). The zero-order valence-corrected chi connectivity index (χ0v) is 19.1. The Morgan fingerprint density at radius 3 is 2.47 bits per heavy atom. The second kappa shape index (κ2) is 10.0. The SMILES string of the molecule is CC(C(=O)NC(C)(C)C)N(Cc1ccccc1F)C(=O)CCc1ccc2c(c1)OCCO2. The molecule has 0 aromatic heterocycles. The summed E-state index contributed by atoms with van der Waals surface area (Å²) in [6, 6.07) is 11.2. The van der Waals surface area contributed by atoms with Gasteiger partial charge in [-0.2, -0.15) is 0 Å². The number of ether oxygens (including phenoxy) is 2. The summed E-state index contributed by atoms with van der Waals surface area (Å²) in [6.45, 7) is 8.33. The lowest BCUT2D eigenvalue weighted by Crippen LogP contribution is -2.52. The van der Waals surface area contributed by atoms with Gasteiger partial charge in [-0.15, -0.1) is 0 Å². The van der Waals surface area contributed by atoms with Gasteiger partial charge in [0.15, 0.2) is 11.5 Å². The largest absolute Gasteiger partial charge is 0.486 e. The van der Waals surface area contributed by atoms with Crippen LogP contribution in [0.3, 0.4) is 0 Å². The number of hydrogen-bond acceptors (Lipinski definition) is 4. The van der Waals surface area contributed by atoms with Gasteiger partial charge in [-0.25, -0.2) is 4.39 Å². The van der Waals surface area contributed by atoms with Crippen LogP contribution in [0.5, 0.6) is 11.5 Å². The van der Waals surface area contributed by atoms with Gasteiger partial charge in [-0.3, -0.25) is 9.59 Å². The molecule has 1 unspecified atom stereocenters. The maximum atomic E-state index is 14.3. The maximum absolute atomic E-state index is 14.3. The summed E-state index contributed by atoms with van der Waals surface area (Å²) < 4.78 is 25.4. The van der Waals surface area contributed by atoms with E-state index in [9.17, 15) is 14.0 Å². The first-order valence-electron chi connectivity index (χ1n) is 10.9. The second-order valence-electron chi connectivity index (χ2n) is 9.01. The molecule has 1 aliphatic rings. The summed E-state index contributed by atoms with van der Waals surface area (Å²) in [4.78, 5) is 27.4. The average molecular weight is 443 g/mol. The minimum atomic E-state index is -0.749. The van der Waals surface area contributed by atoms with Crippen LogP contribution in [0, 0.1) is 5.82 Å². The smallest absolute Gasteiger partial charge is 0.242 e. The molecular weight excluding hydrogens is 411 g/mol. The lowest BCUT2D eigenvalue weighted by molar-refractivity contribution is -0.141. The summed E-state index contributed by atoms with van der Waals surface area (Å²) in [5.74, 6) is 0.462. The molecular formula is C25H31FN2O4. The van der Waals surface area contributed by atoms with Crippen LogP contribution >= 0.6 is 0 Å². The van der Waals surface area contributed by atoms with Crippen molar-refractivity contribution in [3.63, 3.8) is 0 Å². The van der Waals surface area contributed by atoms with Crippen LogP contribution in [-0.2, 0) is 22.6 Å². The van der Waals surface area contributed by atoms with Crippen LogP contribution < -0.4 is 14.8 Å². The number of fused-ring (bicyclic) bond motifs is 1. The number of carbonyl (C=O) groups excluding carboxylic acids is 2. The van der Waals surface area contributed by atoms with E-state index in [4.69, 9.17) is 9.47 Å². The second-order valence-corrected chi connectivity index (χ2v) is 9.01. The molecule has 0 fully saturated rings. The zero-order chi connectivity index (χ0) is 23.3. The summed E-state index contributed by atoms with van der Waals surface area (Å²) in [7, 11) is 0. The molecule has 0 aliphatic carbocycles. The van der Waals surface area contributed by atoms with Crippen molar-refractivity contribution in [2.45, 2.75) is 58.7 Å². The molecule has 2 aromatic carbocycles. The van der Waals surface area contributed by atoms with Crippen molar-refractivity contribution in [1.82, 2.24) is 10.2 Å². The van der Waals surface area contributed by atoms with Gasteiger partial charge < -0.3 is 19.7 Å². The van der Waals surface area contributed by atoms with Crippen LogP contribution in [0.1, 0.15) is 45.2 Å². The van der Waals surface area contributed by atoms with Crippen molar-refractivity contribution in [2.24, 2.45) is 0 Å². The Morgan fingerprint density at radius 2 is 1.78 bits per heavy atom. The van der Waals surface area contributed by atoms with Crippen molar-refractivity contribution < 1.29 is 23.5 Å². The van der Waals surface area contributed by atoms with Gasteiger partial charge in [0.05, 0.1) is 0 Å². The van der Waals surface area contributed by atoms with Gasteiger partial charge in [0.1, 0.15) is 25.1 Å². The van der Waals surface area contributed by atoms with Crippen LogP contribution in [0.4, 0.5) is 4.39 Å². The Labute approximate surface area is 188 Å². The van der Waals surface area contributed by atoms with Gasteiger partial charge >= 0.3 is 0 Å². The van der Waals surface area contributed by atoms with Crippen molar-refractivity contribution in [3.8, 4) is 11.5 Å². The molecule has 1 aliphatic heterocycles. The molecule has 6 nitrogen and oxygen atoms in total.